The van der Waals surface area contributed by atoms with Crippen LogP contribution < -0.4 is 5.46 Å². The highest BCUT2D eigenvalue weighted by molar-refractivity contribution is 7.12. The van der Waals surface area contributed by atoms with Crippen molar-refractivity contribution in [1.29, 1.82) is 0 Å². The number of carbonyl (C=O) groups excluding carboxylic acids is 1. The van der Waals surface area contributed by atoms with Crippen LogP contribution in [0.1, 0.15) is 37.4 Å². The van der Waals surface area contributed by atoms with Gasteiger partial charge in [0.15, 0.2) is 0 Å². The molecule has 2 heterocycles. The number of rotatable bonds is 3. The third kappa shape index (κ3) is 3.01. The zero-order valence-electron chi connectivity index (χ0n) is 14.6. The zero-order valence-corrected chi connectivity index (χ0v) is 15.4. The van der Waals surface area contributed by atoms with Crippen molar-refractivity contribution in [3.8, 4) is 11.1 Å². The predicted octanol–water partition coefficient (Wildman–Crippen LogP) is 3.50. The van der Waals surface area contributed by atoms with Gasteiger partial charge in [0, 0.05) is 0 Å². The van der Waals surface area contributed by atoms with Gasteiger partial charge in [-0.2, -0.15) is 0 Å². The molecule has 2 aromatic rings. The Kier molecular flexibility index (Phi) is 4.32. The maximum atomic E-state index is 11.6. The Labute approximate surface area is 146 Å². The van der Waals surface area contributed by atoms with Crippen LogP contribution in [0.3, 0.4) is 0 Å². The average Bonchev–Trinajstić information content (AvgIpc) is 3.10. The molecule has 1 aromatic carbocycles. The molecule has 24 heavy (non-hydrogen) atoms. The summed E-state index contributed by atoms with van der Waals surface area (Å²) >= 11 is 1.38. The number of methoxy groups -OCH3 is 1. The van der Waals surface area contributed by atoms with Gasteiger partial charge in [0.1, 0.15) is 4.88 Å². The van der Waals surface area contributed by atoms with Gasteiger partial charge in [0.2, 0.25) is 0 Å². The van der Waals surface area contributed by atoms with Crippen molar-refractivity contribution in [2.24, 2.45) is 0 Å². The maximum absolute atomic E-state index is 11.6. The van der Waals surface area contributed by atoms with Crippen LogP contribution in [0.4, 0.5) is 0 Å². The van der Waals surface area contributed by atoms with Crippen molar-refractivity contribution in [2.75, 3.05) is 7.11 Å². The fourth-order valence-electron chi connectivity index (χ4n) is 2.51. The Morgan fingerprint density at radius 1 is 1.04 bits per heavy atom. The van der Waals surface area contributed by atoms with E-state index in [2.05, 4.69) is 0 Å². The lowest BCUT2D eigenvalue weighted by Gasteiger charge is -2.32. The van der Waals surface area contributed by atoms with Crippen molar-refractivity contribution in [1.82, 2.24) is 0 Å². The zero-order chi connectivity index (χ0) is 17.5. The second-order valence-corrected chi connectivity index (χ2v) is 7.81. The molecule has 4 nitrogen and oxygen atoms in total. The first-order chi connectivity index (χ1) is 11.2. The first kappa shape index (κ1) is 17.2. The molecule has 0 aliphatic carbocycles. The van der Waals surface area contributed by atoms with Crippen molar-refractivity contribution in [3.63, 3.8) is 0 Å². The molecule has 1 aliphatic heterocycles. The molecule has 1 saturated heterocycles. The van der Waals surface area contributed by atoms with Gasteiger partial charge in [-0.3, -0.25) is 0 Å². The van der Waals surface area contributed by atoms with Crippen molar-refractivity contribution >= 4 is 29.9 Å². The van der Waals surface area contributed by atoms with Gasteiger partial charge in [-0.1, -0.05) is 24.3 Å². The molecule has 126 valence electrons. The summed E-state index contributed by atoms with van der Waals surface area (Å²) in [5.41, 5.74) is 2.33. The molecule has 6 heteroatoms. The number of benzene rings is 1. The summed E-state index contributed by atoms with van der Waals surface area (Å²) in [5.74, 6) is -0.305. The fraction of sp³-hybridized carbons (Fsp3) is 0.389. The van der Waals surface area contributed by atoms with E-state index in [1.165, 1.54) is 18.4 Å². The van der Waals surface area contributed by atoms with Crippen LogP contribution in [0, 0.1) is 0 Å². The number of esters is 1. The van der Waals surface area contributed by atoms with Crippen LogP contribution in [0.15, 0.2) is 35.7 Å². The smallest absolute Gasteiger partial charge is 0.465 e. The van der Waals surface area contributed by atoms with Crippen LogP contribution in [0.2, 0.25) is 0 Å². The number of thiophene rings is 1. The lowest BCUT2D eigenvalue weighted by Crippen LogP contribution is -2.41. The Bertz CT molecular complexity index is 733. The highest BCUT2D eigenvalue weighted by Crippen LogP contribution is 2.36. The molecule has 1 aliphatic rings. The Morgan fingerprint density at radius 3 is 2.17 bits per heavy atom. The van der Waals surface area contributed by atoms with Crippen LogP contribution in [0.25, 0.3) is 11.1 Å². The van der Waals surface area contributed by atoms with E-state index in [9.17, 15) is 4.79 Å². The number of hydrogen-bond donors (Lipinski definition) is 0. The van der Waals surface area contributed by atoms with Gasteiger partial charge in [-0.05, 0) is 55.7 Å². The van der Waals surface area contributed by atoms with Gasteiger partial charge >= 0.3 is 13.1 Å². The number of carbonyl (C=O) groups is 1. The summed E-state index contributed by atoms with van der Waals surface area (Å²) in [6.45, 7) is 8.17. The molecular weight excluding hydrogens is 323 g/mol. The summed E-state index contributed by atoms with van der Waals surface area (Å²) in [6, 6.07) is 9.90. The molecule has 0 amide bonds. The summed E-state index contributed by atoms with van der Waals surface area (Å²) in [4.78, 5) is 12.2. The van der Waals surface area contributed by atoms with Gasteiger partial charge in [0.25, 0.3) is 0 Å². The lowest BCUT2D eigenvalue weighted by molar-refractivity contribution is 0.00578. The highest BCUT2D eigenvalue weighted by atomic mass is 32.1. The Morgan fingerprint density at radius 2 is 1.62 bits per heavy atom. The Balaban J connectivity index is 1.79. The average molecular weight is 344 g/mol. The second kappa shape index (κ2) is 6.03. The van der Waals surface area contributed by atoms with Gasteiger partial charge < -0.3 is 14.0 Å². The fourth-order valence-corrected chi connectivity index (χ4v) is 3.34. The molecular formula is C18H21BO4S. The van der Waals surface area contributed by atoms with Crippen LogP contribution in [-0.2, 0) is 14.0 Å². The SMILES string of the molecule is COC(=O)c1cc(-c2ccc(B3OC(C)(C)C(C)(C)O3)cc2)cs1. The Hall–Kier alpha value is -1.63. The summed E-state index contributed by atoms with van der Waals surface area (Å²) in [6.07, 6.45) is 0. The summed E-state index contributed by atoms with van der Waals surface area (Å²) in [5, 5.41) is 1.95. The standard InChI is InChI=1S/C18H21BO4S/c1-17(2)18(3,4)23-19(22-17)14-8-6-12(7-9-14)13-10-15(24-11-13)16(20)21-5/h6-11H,1-5H3. The maximum Gasteiger partial charge on any atom is 0.494 e. The second-order valence-electron chi connectivity index (χ2n) is 6.90. The molecule has 1 fully saturated rings. The minimum absolute atomic E-state index is 0.305. The van der Waals surface area contributed by atoms with E-state index in [4.69, 9.17) is 14.0 Å². The van der Waals surface area contributed by atoms with Gasteiger partial charge in [0.05, 0.1) is 18.3 Å². The van der Waals surface area contributed by atoms with Crippen molar-refractivity contribution in [2.45, 2.75) is 38.9 Å². The topological polar surface area (TPSA) is 44.8 Å². The van der Waals surface area contributed by atoms with E-state index in [0.29, 0.717) is 4.88 Å². The van der Waals surface area contributed by atoms with Crippen LogP contribution >= 0.6 is 11.3 Å². The van der Waals surface area contributed by atoms with E-state index in [0.717, 1.165) is 16.6 Å². The van der Waals surface area contributed by atoms with Crippen molar-refractivity contribution < 1.29 is 18.8 Å². The minimum Gasteiger partial charge on any atom is -0.465 e. The molecule has 0 spiro atoms. The molecule has 0 atom stereocenters. The summed E-state index contributed by atoms with van der Waals surface area (Å²) < 4.78 is 16.9. The normalized spacial score (nSPS) is 18.6. The van der Waals surface area contributed by atoms with E-state index in [1.54, 1.807) is 0 Å². The number of hydrogen-bond acceptors (Lipinski definition) is 5. The lowest BCUT2D eigenvalue weighted by atomic mass is 9.78. The summed E-state index contributed by atoms with van der Waals surface area (Å²) in [7, 11) is 1.03. The predicted molar refractivity (Wildman–Crippen MR) is 96.8 cm³/mol. The third-order valence-electron chi connectivity index (χ3n) is 4.76. The third-order valence-corrected chi connectivity index (χ3v) is 5.67. The first-order valence-electron chi connectivity index (χ1n) is 7.86. The molecule has 3 rings (SSSR count). The molecule has 0 unspecified atom stereocenters. The minimum atomic E-state index is -0.364. The van der Waals surface area contributed by atoms with Crippen LogP contribution in [-0.4, -0.2) is 31.4 Å². The van der Waals surface area contributed by atoms with Gasteiger partial charge in [-0.15, -0.1) is 11.3 Å². The van der Waals surface area contributed by atoms with Crippen LogP contribution in [0.5, 0.6) is 0 Å². The van der Waals surface area contributed by atoms with E-state index >= 15 is 0 Å². The van der Waals surface area contributed by atoms with E-state index in [1.807, 2.05) is 63.4 Å². The van der Waals surface area contributed by atoms with Gasteiger partial charge in [-0.25, -0.2) is 4.79 Å². The highest BCUT2D eigenvalue weighted by Gasteiger charge is 2.51. The molecule has 0 radical (unpaired) electrons. The van der Waals surface area contributed by atoms with E-state index in [-0.39, 0.29) is 24.3 Å². The first-order valence-corrected chi connectivity index (χ1v) is 8.74. The largest absolute Gasteiger partial charge is 0.494 e. The number of ether oxygens (including phenoxy) is 1. The molecule has 1 aromatic heterocycles. The van der Waals surface area contributed by atoms with E-state index < -0.39 is 0 Å². The molecule has 0 saturated carbocycles. The molecule has 0 N–H and O–H groups in total. The monoisotopic (exact) mass is 344 g/mol. The van der Waals surface area contributed by atoms with Crippen molar-refractivity contribution in [3.05, 3.63) is 40.6 Å². The molecule has 0 bridgehead atoms. The quantitative estimate of drug-likeness (QED) is 0.632.